The lowest BCUT2D eigenvalue weighted by Crippen LogP contribution is -2.29. The van der Waals surface area contributed by atoms with E-state index in [-0.39, 0.29) is 12.1 Å². The summed E-state index contributed by atoms with van der Waals surface area (Å²) in [4.78, 5) is 0. The van der Waals surface area contributed by atoms with Crippen LogP contribution < -0.4 is 10.1 Å². The summed E-state index contributed by atoms with van der Waals surface area (Å²) in [5.41, 5.74) is 3.57. The Balaban J connectivity index is 1.73. The first-order valence-electron chi connectivity index (χ1n) is 8.71. The van der Waals surface area contributed by atoms with E-state index in [9.17, 15) is 0 Å². The monoisotopic (exact) mass is 373 g/mol. The standard InChI is InChI=1S/C21H21Cl2NO/c1-12(2)25-14-7-9-20-18(11-14)15-4-3-5-16(15)21(24-20)17-8-6-13(22)10-19(17)23/h3-4,6-12,15-16,21,24H,5H2,1-2H3. The molecule has 130 valence electrons. The molecular formula is C21H21Cl2NO. The first-order valence-corrected chi connectivity index (χ1v) is 9.47. The summed E-state index contributed by atoms with van der Waals surface area (Å²) in [7, 11) is 0. The molecule has 0 aromatic heterocycles. The minimum absolute atomic E-state index is 0.171. The molecule has 4 rings (SSSR count). The Kier molecular flexibility index (Phi) is 4.43. The molecule has 0 amide bonds. The average Bonchev–Trinajstić information content (AvgIpc) is 3.04. The highest BCUT2D eigenvalue weighted by Gasteiger charge is 2.38. The molecule has 2 aromatic carbocycles. The van der Waals surface area contributed by atoms with E-state index in [0.29, 0.717) is 16.9 Å². The second kappa shape index (κ2) is 6.59. The van der Waals surface area contributed by atoms with E-state index in [4.69, 9.17) is 27.9 Å². The number of hydrogen-bond donors (Lipinski definition) is 1. The Bertz CT molecular complexity index is 831. The van der Waals surface area contributed by atoms with Crippen LogP contribution in [0.25, 0.3) is 0 Å². The van der Waals surface area contributed by atoms with Crippen molar-refractivity contribution in [3.05, 3.63) is 69.7 Å². The number of allylic oxidation sites excluding steroid dienone is 2. The van der Waals surface area contributed by atoms with Gasteiger partial charge in [0.15, 0.2) is 0 Å². The normalized spacial score (nSPS) is 24.0. The van der Waals surface area contributed by atoms with Gasteiger partial charge in [0.2, 0.25) is 0 Å². The second-order valence-electron chi connectivity index (χ2n) is 7.06. The summed E-state index contributed by atoms with van der Waals surface area (Å²) in [5.74, 6) is 1.75. The molecule has 2 aliphatic rings. The topological polar surface area (TPSA) is 21.3 Å². The number of nitrogens with one attached hydrogen (secondary N) is 1. The van der Waals surface area contributed by atoms with Crippen LogP contribution in [-0.4, -0.2) is 6.10 Å². The van der Waals surface area contributed by atoms with Crippen LogP contribution in [0.5, 0.6) is 5.75 Å². The molecule has 0 saturated heterocycles. The van der Waals surface area contributed by atoms with Gasteiger partial charge in [0.1, 0.15) is 5.75 Å². The zero-order valence-electron chi connectivity index (χ0n) is 14.3. The van der Waals surface area contributed by atoms with Gasteiger partial charge < -0.3 is 10.1 Å². The number of hydrogen-bond acceptors (Lipinski definition) is 2. The fourth-order valence-corrected chi connectivity index (χ4v) is 4.51. The van der Waals surface area contributed by atoms with Gasteiger partial charge in [0, 0.05) is 21.7 Å². The smallest absolute Gasteiger partial charge is 0.120 e. The molecule has 3 unspecified atom stereocenters. The molecule has 2 nitrogen and oxygen atoms in total. The molecule has 0 fully saturated rings. The number of anilines is 1. The first kappa shape index (κ1) is 16.8. The van der Waals surface area contributed by atoms with E-state index >= 15 is 0 Å². The van der Waals surface area contributed by atoms with Crippen molar-refractivity contribution in [1.29, 1.82) is 0 Å². The third kappa shape index (κ3) is 3.14. The highest BCUT2D eigenvalue weighted by atomic mass is 35.5. The molecule has 3 atom stereocenters. The molecule has 4 heteroatoms. The molecule has 1 heterocycles. The van der Waals surface area contributed by atoms with E-state index in [1.165, 1.54) is 5.56 Å². The molecule has 1 N–H and O–H groups in total. The Labute approximate surface area is 158 Å². The lowest BCUT2D eigenvalue weighted by molar-refractivity contribution is 0.242. The van der Waals surface area contributed by atoms with Crippen LogP contribution in [0, 0.1) is 5.92 Å². The average molecular weight is 374 g/mol. The van der Waals surface area contributed by atoms with E-state index in [2.05, 4.69) is 43.4 Å². The van der Waals surface area contributed by atoms with Crippen molar-refractivity contribution in [3.8, 4) is 5.75 Å². The van der Waals surface area contributed by atoms with E-state index < -0.39 is 0 Å². The summed E-state index contributed by atoms with van der Waals surface area (Å²) in [6.07, 6.45) is 5.81. The molecule has 1 aliphatic heterocycles. The van der Waals surface area contributed by atoms with Gasteiger partial charge in [-0.25, -0.2) is 0 Å². The highest BCUT2D eigenvalue weighted by molar-refractivity contribution is 6.35. The van der Waals surface area contributed by atoms with Crippen LogP contribution in [0.2, 0.25) is 10.0 Å². The van der Waals surface area contributed by atoms with Crippen LogP contribution >= 0.6 is 23.2 Å². The number of fused-ring (bicyclic) bond motifs is 3. The molecule has 2 aromatic rings. The van der Waals surface area contributed by atoms with E-state index in [1.807, 2.05) is 24.3 Å². The zero-order valence-corrected chi connectivity index (χ0v) is 15.8. The Morgan fingerprint density at radius 1 is 1.08 bits per heavy atom. The summed E-state index contributed by atoms with van der Waals surface area (Å²) in [6, 6.07) is 12.3. The van der Waals surface area contributed by atoms with Gasteiger partial charge in [0.25, 0.3) is 0 Å². The Morgan fingerprint density at radius 2 is 1.92 bits per heavy atom. The number of benzene rings is 2. The van der Waals surface area contributed by atoms with Crippen LogP contribution in [0.15, 0.2) is 48.6 Å². The van der Waals surface area contributed by atoms with Gasteiger partial charge in [-0.15, -0.1) is 0 Å². The maximum Gasteiger partial charge on any atom is 0.120 e. The molecule has 0 bridgehead atoms. The SMILES string of the molecule is CC(C)Oc1ccc2c(c1)C1C=CCC1C(c1ccc(Cl)cc1Cl)N2. The zero-order chi connectivity index (χ0) is 17.6. The maximum atomic E-state index is 6.50. The fourth-order valence-electron chi connectivity index (χ4n) is 3.98. The first-order chi connectivity index (χ1) is 12.0. The van der Waals surface area contributed by atoms with Crippen molar-refractivity contribution in [2.24, 2.45) is 5.92 Å². The van der Waals surface area contributed by atoms with E-state index in [1.54, 1.807) is 0 Å². The third-order valence-corrected chi connectivity index (χ3v) is 5.57. The molecule has 0 radical (unpaired) electrons. The van der Waals surface area contributed by atoms with E-state index in [0.717, 1.165) is 28.4 Å². The lowest BCUT2D eigenvalue weighted by atomic mass is 9.77. The maximum absolute atomic E-state index is 6.50. The van der Waals surface area contributed by atoms with Gasteiger partial charge in [0.05, 0.1) is 12.1 Å². The van der Waals surface area contributed by atoms with Crippen LogP contribution in [0.4, 0.5) is 5.69 Å². The van der Waals surface area contributed by atoms with Crippen molar-refractivity contribution in [3.63, 3.8) is 0 Å². The lowest BCUT2D eigenvalue weighted by Gasteiger charge is -2.38. The molecular weight excluding hydrogens is 353 g/mol. The predicted molar refractivity (Wildman–Crippen MR) is 105 cm³/mol. The Hall–Kier alpha value is -1.64. The summed E-state index contributed by atoms with van der Waals surface area (Å²) in [6.45, 7) is 4.10. The van der Waals surface area contributed by atoms with Crippen molar-refractivity contribution in [1.82, 2.24) is 0 Å². The summed E-state index contributed by atoms with van der Waals surface area (Å²) in [5, 5.41) is 5.09. The molecule has 0 saturated carbocycles. The number of rotatable bonds is 3. The minimum atomic E-state index is 0.171. The molecule has 25 heavy (non-hydrogen) atoms. The largest absolute Gasteiger partial charge is 0.491 e. The molecule has 1 aliphatic carbocycles. The Morgan fingerprint density at radius 3 is 2.68 bits per heavy atom. The van der Waals surface area contributed by atoms with Crippen LogP contribution in [0.3, 0.4) is 0 Å². The highest BCUT2D eigenvalue weighted by Crippen LogP contribution is 2.51. The van der Waals surface area contributed by atoms with Crippen molar-refractivity contribution >= 4 is 28.9 Å². The van der Waals surface area contributed by atoms with Crippen LogP contribution in [-0.2, 0) is 0 Å². The van der Waals surface area contributed by atoms with Gasteiger partial charge >= 0.3 is 0 Å². The predicted octanol–water partition coefficient (Wildman–Crippen LogP) is 6.61. The van der Waals surface area contributed by atoms with Crippen LogP contribution in [0.1, 0.15) is 43.4 Å². The summed E-state index contributed by atoms with van der Waals surface area (Å²) < 4.78 is 5.88. The minimum Gasteiger partial charge on any atom is -0.491 e. The molecule has 0 spiro atoms. The van der Waals surface area contributed by atoms with Crippen molar-refractivity contribution in [2.75, 3.05) is 5.32 Å². The van der Waals surface area contributed by atoms with Gasteiger partial charge in [-0.05, 0) is 67.6 Å². The van der Waals surface area contributed by atoms with Gasteiger partial charge in [-0.1, -0.05) is 41.4 Å². The number of ether oxygens (including phenoxy) is 1. The van der Waals surface area contributed by atoms with Gasteiger partial charge in [-0.2, -0.15) is 0 Å². The quantitative estimate of drug-likeness (QED) is 0.611. The van der Waals surface area contributed by atoms with Crippen molar-refractivity contribution < 1.29 is 4.74 Å². The fraction of sp³-hybridized carbons (Fsp3) is 0.333. The van der Waals surface area contributed by atoms with Crippen molar-refractivity contribution in [2.45, 2.75) is 38.3 Å². The number of halogens is 2. The second-order valence-corrected chi connectivity index (χ2v) is 7.90. The third-order valence-electron chi connectivity index (χ3n) is 5.00. The van der Waals surface area contributed by atoms with Gasteiger partial charge in [-0.3, -0.25) is 0 Å². The summed E-state index contributed by atoms with van der Waals surface area (Å²) >= 11 is 12.6.